The van der Waals surface area contributed by atoms with E-state index in [0.717, 1.165) is 17.6 Å². The predicted molar refractivity (Wildman–Crippen MR) is 186 cm³/mol. The van der Waals surface area contributed by atoms with Crippen molar-refractivity contribution in [1.29, 1.82) is 0 Å². The molecule has 4 atom stereocenters. The van der Waals surface area contributed by atoms with Crippen molar-refractivity contribution in [2.45, 2.75) is 106 Å². The normalized spacial score (nSPS) is 29.0. The molecule has 0 amide bonds. The summed E-state index contributed by atoms with van der Waals surface area (Å²) in [5.41, 5.74) is 3.75. The summed E-state index contributed by atoms with van der Waals surface area (Å²) in [6, 6.07) is 0. The van der Waals surface area contributed by atoms with E-state index in [1.165, 1.54) is 11.1 Å². The standard InChI is InChI=1S/C40H56O4/c1-28(17-13-18-30(3)21-22-36-32(5)23-34(41)25-38(36,7)8)15-11-12-16-29(2)19-14-20-31(4)37(43)27-40(44)33(6)24-35(42)26-39(40,9)10/h11-23,34-36,41-42,44H,6,24-27H2,1-5,7-10H3. The third kappa shape index (κ3) is 10.5. The van der Waals surface area contributed by atoms with Crippen molar-refractivity contribution < 1.29 is 20.1 Å². The van der Waals surface area contributed by atoms with Crippen LogP contribution in [0.15, 0.2) is 119 Å². The Kier molecular flexibility index (Phi) is 13.3. The average Bonchev–Trinajstić information content (AvgIpc) is 2.88. The molecule has 0 aromatic carbocycles. The molecule has 0 bridgehead atoms. The Hall–Kier alpha value is -3.05. The zero-order valence-corrected chi connectivity index (χ0v) is 28.5. The van der Waals surface area contributed by atoms with E-state index in [4.69, 9.17) is 0 Å². The second kappa shape index (κ2) is 15.8. The highest BCUT2D eigenvalue weighted by atomic mass is 16.3. The van der Waals surface area contributed by atoms with Crippen molar-refractivity contribution in [3.63, 3.8) is 0 Å². The van der Waals surface area contributed by atoms with Gasteiger partial charge in [0.15, 0.2) is 5.78 Å². The van der Waals surface area contributed by atoms with Crippen LogP contribution in [0.3, 0.4) is 0 Å². The number of rotatable bonds is 11. The summed E-state index contributed by atoms with van der Waals surface area (Å²) in [5.74, 6) is 0.198. The first-order valence-corrected chi connectivity index (χ1v) is 15.8. The second-order valence-electron chi connectivity index (χ2n) is 14.2. The number of ketones is 1. The maximum atomic E-state index is 12.9. The van der Waals surface area contributed by atoms with Crippen LogP contribution in [0.5, 0.6) is 0 Å². The molecule has 0 aromatic heterocycles. The van der Waals surface area contributed by atoms with E-state index in [0.29, 0.717) is 29.9 Å². The summed E-state index contributed by atoms with van der Waals surface area (Å²) in [6.45, 7) is 22.2. The fourth-order valence-corrected chi connectivity index (χ4v) is 6.28. The summed E-state index contributed by atoms with van der Waals surface area (Å²) >= 11 is 0. The van der Waals surface area contributed by atoms with Gasteiger partial charge in [0.2, 0.25) is 0 Å². The Balaban J connectivity index is 1.91. The molecule has 0 aliphatic heterocycles. The third-order valence-corrected chi connectivity index (χ3v) is 9.12. The topological polar surface area (TPSA) is 77.8 Å². The maximum Gasteiger partial charge on any atom is 0.161 e. The summed E-state index contributed by atoms with van der Waals surface area (Å²) in [4.78, 5) is 12.9. The minimum absolute atomic E-state index is 0.0344. The van der Waals surface area contributed by atoms with Crippen molar-refractivity contribution >= 4 is 5.78 Å². The van der Waals surface area contributed by atoms with Gasteiger partial charge in [0, 0.05) is 17.8 Å². The fourth-order valence-electron chi connectivity index (χ4n) is 6.28. The largest absolute Gasteiger partial charge is 0.393 e. The molecule has 4 unspecified atom stereocenters. The quantitative estimate of drug-likeness (QED) is 0.126. The molecular weight excluding hydrogens is 544 g/mol. The first kappa shape index (κ1) is 37.1. The van der Waals surface area contributed by atoms with E-state index >= 15 is 0 Å². The minimum Gasteiger partial charge on any atom is -0.393 e. The molecule has 2 aliphatic rings. The first-order valence-electron chi connectivity index (χ1n) is 15.8. The van der Waals surface area contributed by atoms with Gasteiger partial charge in [-0.05, 0) is 70.4 Å². The first-order chi connectivity index (χ1) is 20.4. The highest BCUT2D eigenvalue weighted by molar-refractivity contribution is 5.96. The second-order valence-corrected chi connectivity index (χ2v) is 14.2. The van der Waals surface area contributed by atoms with Crippen molar-refractivity contribution in [1.82, 2.24) is 0 Å². The number of hydrogen-bond donors (Lipinski definition) is 3. The van der Waals surface area contributed by atoms with Gasteiger partial charge in [0.05, 0.1) is 17.8 Å². The van der Waals surface area contributed by atoms with E-state index in [2.05, 4.69) is 77.7 Å². The summed E-state index contributed by atoms with van der Waals surface area (Å²) in [6.07, 6.45) is 26.9. The van der Waals surface area contributed by atoms with E-state index in [9.17, 15) is 20.1 Å². The van der Waals surface area contributed by atoms with Crippen LogP contribution in [-0.4, -0.2) is 38.9 Å². The lowest BCUT2D eigenvalue weighted by Crippen LogP contribution is -2.53. The molecule has 0 saturated heterocycles. The summed E-state index contributed by atoms with van der Waals surface area (Å²) in [5, 5.41) is 31.5. The highest BCUT2D eigenvalue weighted by Gasteiger charge is 2.51. The predicted octanol–water partition coefficient (Wildman–Crippen LogP) is 8.78. The molecular formula is C40H56O4. The van der Waals surface area contributed by atoms with Gasteiger partial charge < -0.3 is 15.3 Å². The number of Topliss-reactive ketones (excluding diaryl/α,β-unsaturated/α-hetero) is 1. The van der Waals surface area contributed by atoms with Gasteiger partial charge in [0.1, 0.15) is 0 Å². The van der Waals surface area contributed by atoms with Crippen LogP contribution >= 0.6 is 0 Å². The highest BCUT2D eigenvalue weighted by Crippen LogP contribution is 2.48. The Labute approximate surface area is 267 Å². The number of aliphatic hydroxyl groups is 3. The summed E-state index contributed by atoms with van der Waals surface area (Å²) in [7, 11) is 0. The van der Waals surface area contributed by atoms with Crippen LogP contribution < -0.4 is 0 Å². The number of hydrogen-bond acceptors (Lipinski definition) is 4. The van der Waals surface area contributed by atoms with Gasteiger partial charge >= 0.3 is 0 Å². The maximum absolute atomic E-state index is 12.9. The Morgan fingerprint density at radius 3 is 1.93 bits per heavy atom. The number of allylic oxidation sites excluding steroid dienone is 17. The van der Waals surface area contributed by atoms with E-state index in [1.807, 2.05) is 57.2 Å². The molecule has 4 nitrogen and oxygen atoms in total. The van der Waals surface area contributed by atoms with E-state index in [-0.39, 0.29) is 23.7 Å². The van der Waals surface area contributed by atoms with Gasteiger partial charge in [0.25, 0.3) is 0 Å². The molecule has 1 saturated carbocycles. The van der Waals surface area contributed by atoms with Crippen molar-refractivity contribution in [3.8, 4) is 0 Å². The SMILES string of the molecule is C=C1CC(O)CC(C)(C)C1(O)CC(=O)C(C)=CC=CC(C)=CC=CC=C(C)C=CC=C(C)C=CC1C(C)=CC(O)CC1(C)C. The number of aliphatic hydroxyl groups excluding tert-OH is 2. The van der Waals surface area contributed by atoms with E-state index in [1.54, 1.807) is 13.0 Å². The van der Waals surface area contributed by atoms with Gasteiger partial charge in [-0.3, -0.25) is 4.79 Å². The Morgan fingerprint density at radius 2 is 1.39 bits per heavy atom. The van der Waals surface area contributed by atoms with Crippen molar-refractivity contribution in [2.75, 3.05) is 0 Å². The molecule has 0 aromatic rings. The average molecular weight is 601 g/mol. The number of carbonyl (C=O) groups excluding carboxylic acids is 1. The van der Waals surface area contributed by atoms with Crippen LogP contribution in [0.1, 0.15) is 88.0 Å². The van der Waals surface area contributed by atoms with E-state index < -0.39 is 17.1 Å². The molecule has 0 spiro atoms. The minimum atomic E-state index is -1.33. The fraction of sp³-hybridized carbons (Fsp3) is 0.475. The molecule has 1 fully saturated rings. The molecule has 2 rings (SSSR count). The third-order valence-electron chi connectivity index (χ3n) is 9.12. The van der Waals surface area contributed by atoms with Crippen molar-refractivity contribution in [3.05, 3.63) is 119 Å². The van der Waals surface area contributed by atoms with Crippen LogP contribution in [0.4, 0.5) is 0 Å². The zero-order chi connectivity index (χ0) is 33.3. The van der Waals surface area contributed by atoms with Crippen LogP contribution in [0.2, 0.25) is 0 Å². The van der Waals surface area contributed by atoms with Gasteiger partial charge in [-0.25, -0.2) is 0 Å². The molecule has 0 heterocycles. The summed E-state index contributed by atoms with van der Waals surface area (Å²) < 4.78 is 0. The lowest BCUT2D eigenvalue weighted by atomic mass is 9.60. The van der Waals surface area contributed by atoms with Gasteiger partial charge in [-0.1, -0.05) is 136 Å². The molecule has 2 aliphatic carbocycles. The van der Waals surface area contributed by atoms with Gasteiger partial charge in [-0.2, -0.15) is 0 Å². The molecule has 4 heteroatoms. The smallest absolute Gasteiger partial charge is 0.161 e. The van der Waals surface area contributed by atoms with Crippen LogP contribution in [-0.2, 0) is 4.79 Å². The van der Waals surface area contributed by atoms with Crippen LogP contribution in [0.25, 0.3) is 0 Å². The van der Waals surface area contributed by atoms with Crippen molar-refractivity contribution in [2.24, 2.45) is 16.7 Å². The Bertz CT molecular complexity index is 1330. The zero-order valence-electron chi connectivity index (χ0n) is 28.5. The monoisotopic (exact) mass is 600 g/mol. The molecule has 44 heavy (non-hydrogen) atoms. The molecule has 0 radical (unpaired) electrons. The Morgan fingerprint density at radius 1 is 0.864 bits per heavy atom. The molecule has 3 N–H and O–H groups in total. The molecule has 240 valence electrons. The lowest BCUT2D eigenvalue weighted by Gasteiger charge is -2.49. The lowest BCUT2D eigenvalue weighted by molar-refractivity contribution is -0.130. The van der Waals surface area contributed by atoms with Gasteiger partial charge in [-0.15, -0.1) is 0 Å². The van der Waals surface area contributed by atoms with Crippen LogP contribution in [0, 0.1) is 16.7 Å². The number of carbonyl (C=O) groups is 1.